The second kappa shape index (κ2) is 31.0. The first kappa shape index (κ1) is 72.8. The van der Waals surface area contributed by atoms with E-state index in [-0.39, 0.29) is 31.0 Å². The molecule has 4 aromatic rings. The first-order valence-corrected chi connectivity index (χ1v) is 33.8. The summed E-state index contributed by atoms with van der Waals surface area (Å²) in [5.74, 6) is 0. The number of carbonyl (C=O) groups excluding carboxylic acids is 4. The Morgan fingerprint density at radius 1 is 0.482 bits per heavy atom. The Labute approximate surface area is 531 Å². The number of fused-ring (bicyclic) bond motifs is 2. The standard InChI is InChI=1S/C29H41N3O6S.C19H23BrN2O2.C10H18ClNO4S.C4H9.Li/c1-28(2,3)37-26(33)31-15-13-21(14-16-31)39(35,36)25-12-11-24(22-9-7-8-10-23(22)25)30-17-19-32(20-18-30)27(34)38-29(4,5)6;1-19(2,3)24-18(23)22-12-10-21(11-13-22)17-9-8-16(20)14-6-4-5-7-15(14)17;1-10(2,3)16-9(13)12-6-4-8(5-7-12)17(11,14)15;1-3-4-2;/h7-12,21H,13-20H2,1-6H3;4-9H,10-13H2,1-3H3;8H,4-7H2,1-3H3;1,3-4H2,2H3;/q;;;-1;+1. The van der Waals surface area contributed by atoms with Gasteiger partial charge >= 0.3 is 43.2 Å². The minimum Gasteiger partial charge on any atom is -0.444 e. The number of benzene rings is 4. The van der Waals surface area contributed by atoms with Gasteiger partial charge in [-0.25, -0.2) is 36.0 Å². The van der Waals surface area contributed by atoms with Gasteiger partial charge in [0.1, 0.15) is 22.4 Å². The zero-order valence-electron chi connectivity index (χ0n) is 52.7. The Bertz CT molecular complexity index is 3100. The van der Waals surface area contributed by atoms with Gasteiger partial charge in [0.25, 0.3) is 0 Å². The zero-order valence-corrected chi connectivity index (χ0v) is 56.6. The van der Waals surface area contributed by atoms with E-state index in [4.69, 9.17) is 29.6 Å². The number of anilines is 2. The topological polar surface area (TPSA) is 193 Å². The largest absolute Gasteiger partial charge is 1.00 e. The average Bonchev–Trinajstić information content (AvgIpc) is 1.27. The predicted octanol–water partition coefficient (Wildman–Crippen LogP) is 10.3. The molecule has 4 aromatic carbocycles. The fraction of sp³-hybridized carbons (Fsp3) is 0.597. The second-order valence-electron chi connectivity index (χ2n) is 25.4. The van der Waals surface area contributed by atoms with Crippen LogP contribution in [0, 0.1) is 6.92 Å². The van der Waals surface area contributed by atoms with Crippen LogP contribution in [0.3, 0.4) is 0 Å². The Hall–Kier alpha value is -4.65. The van der Waals surface area contributed by atoms with Gasteiger partial charge in [0, 0.05) is 121 Å². The van der Waals surface area contributed by atoms with Crippen LogP contribution in [0.5, 0.6) is 0 Å². The quantitative estimate of drug-likeness (QED) is 0.0766. The Balaban J connectivity index is 0.000000286. The maximum Gasteiger partial charge on any atom is 1.00 e. The van der Waals surface area contributed by atoms with Crippen LogP contribution in [0.4, 0.5) is 30.6 Å². The number of piperazine rings is 2. The predicted molar refractivity (Wildman–Crippen MR) is 340 cm³/mol. The summed E-state index contributed by atoms with van der Waals surface area (Å²) in [5, 5.41) is 2.89. The van der Waals surface area contributed by atoms with E-state index in [1.165, 1.54) is 27.8 Å². The number of carbonyl (C=O) groups is 4. The van der Waals surface area contributed by atoms with Gasteiger partial charge < -0.3 is 55.3 Å². The monoisotopic (exact) mass is 1300 g/mol. The molecule has 0 aromatic heterocycles. The molecule has 468 valence electrons. The van der Waals surface area contributed by atoms with E-state index in [1.807, 2.05) is 92.6 Å². The molecule has 23 heteroatoms. The molecular weight excluding hydrogens is 1210 g/mol. The van der Waals surface area contributed by atoms with Crippen molar-refractivity contribution in [3.63, 3.8) is 0 Å². The van der Waals surface area contributed by atoms with Gasteiger partial charge in [-0.2, -0.15) is 6.42 Å². The molecule has 85 heavy (non-hydrogen) atoms. The molecule has 0 bridgehead atoms. The van der Waals surface area contributed by atoms with Crippen molar-refractivity contribution in [1.29, 1.82) is 0 Å². The minimum absolute atomic E-state index is 0. The Kier molecular flexibility index (Phi) is 26.6. The molecule has 4 amide bonds. The van der Waals surface area contributed by atoms with Gasteiger partial charge in [0.05, 0.1) is 15.4 Å². The number of ether oxygens (including phenoxy) is 4. The van der Waals surface area contributed by atoms with E-state index < -0.39 is 64.0 Å². The van der Waals surface area contributed by atoms with Crippen molar-refractivity contribution < 1.29 is 73.8 Å². The fourth-order valence-corrected chi connectivity index (χ4v) is 13.4. The van der Waals surface area contributed by atoms with E-state index in [2.05, 4.69) is 76.0 Å². The fourth-order valence-electron chi connectivity index (χ4n) is 9.72. The molecule has 0 atom stereocenters. The molecule has 4 fully saturated rings. The van der Waals surface area contributed by atoms with E-state index in [0.717, 1.165) is 35.1 Å². The number of nitrogens with zero attached hydrogens (tertiary/aromatic N) is 6. The number of amides is 4. The van der Waals surface area contributed by atoms with Crippen LogP contribution in [-0.2, 0) is 37.8 Å². The molecule has 4 heterocycles. The van der Waals surface area contributed by atoms with Crippen LogP contribution >= 0.6 is 26.6 Å². The van der Waals surface area contributed by atoms with Crippen LogP contribution in [0.15, 0.2) is 82.2 Å². The van der Waals surface area contributed by atoms with Gasteiger partial charge in [-0.3, -0.25) is 0 Å². The van der Waals surface area contributed by atoms with Gasteiger partial charge in [0.2, 0.25) is 9.05 Å². The molecule has 0 saturated carbocycles. The number of unbranched alkanes of at least 4 members (excludes halogenated alkanes) is 1. The number of halogens is 2. The molecule has 4 aliphatic rings. The normalized spacial score (nSPS) is 16.8. The number of rotatable bonds is 6. The summed E-state index contributed by atoms with van der Waals surface area (Å²) in [7, 11) is -1.86. The summed E-state index contributed by atoms with van der Waals surface area (Å²) >= 11 is 3.62. The molecule has 4 aliphatic heterocycles. The van der Waals surface area contributed by atoms with Crippen molar-refractivity contribution in [1.82, 2.24) is 19.6 Å². The summed E-state index contributed by atoms with van der Waals surface area (Å²) in [4.78, 5) is 60.3. The third kappa shape index (κ3) is 22.2. The molecule has 0 radical (unpaired) electrons. The minimum atomic E-state index is -3.62. The summed E-state index contributed by atoms with van der Waals surface area (Å²) in [6.45, 7) is 34.5. The van der Waals surface area contributed by atoms with E-state index in [1.54, 1.807) is 41.5 Å². The van der Waals surface area contributed by atoms with Crippen LogP contribution in [0.25, 0.3) is 21.5 Å². The van der Waals surface area contributed by atoms with Gasteiger partial charge in [0.15, 0.2) is 9.84 Å². The molecule has 0 aliphatic carbocycles. The molecule has 0 spiro atoms. The first-order chi connectivity index (χ1) is 39.0. The van der Waals surface area contributed by atoms with Gasteiger partial charge in [-0.05, 0) is 138 Å². The number of piperidine rings is 2. The van der Waals surface area contributed by atoms with Crippen molar-refractivity contribution in [2.45, 2.75) is 166 Å². The number of hydrogen-bond acceptors (Lipinski definition) is 14. The molecule has 4 saturated heterocycles. The summed E-state index contributed by atoms with van der Waals surface area (Å²) < 4.78 is 72.6. The van der Waals surface area contributed by atoms with Crippen molar-refractivity contribution in [3.05, 3.63) is 84.2 Å². The van der Waals surface area contributed by atoms with Crippen LogP contribution in [-0.4, -0.2) is 172 Å². The summed E-state index contributed by atoms with van der Waals surface area (Å²) in [5.41, 5.74) is 0.0507. The molecule has 8 rings (SSSR count). The molecular formula is C62H91BrClLiN6O12S2. The number of sulfone groups is 1. The van der Waals surface area contributed by atoms with E-state index in [9.17, 15) is 36.0 Å². The third-order valence-corrected chi connectivity index (χ3v) is 19.0. The number of hydrogen-bond donors (Lipinski definition) is 0. The summed E-state index contributed by atoms with van der Waals surface area (Å²) in [6.07, 6.45) is 2.40. The second-order valence-corrected chi connectivity index (χ2v) is 31.3. The molecule has 0 unspecified atom stereocenters. The smallest absolute Gasteiger partial charge is 0.444 e. The van der Waals surface area contributed by atoms with Crippen LogP contribution < -0.4 is 28.7 Å². The maximum absolute atomic E-state index is 13.8. The van der Waals surface area contributed by atoms with Crippen LogP contribution in [0.2, 0.25) is 0 Å². The van der Waals surface area contributed by atoms with Gasteiger partial charge in [-0.1, -0.05) is 77.8 Å². The molecule has 0 N–H and O–H groups in total. The third-order valence-electron chi connectivity index (χ3n) is 13.9. The zero-order chi connectivity index (χ0) is 62.6. The van der Waals surface area contributed by atoms with Crippen molar-refractivity contribution in [3.8, 4) is 0 Å². The average molecular weight is 1300 g/mol. The number of likely N-dealkylation sites (tertiary alicyclic amines) is 2. The van der Waals surface area contributed by atoms with Crippen molar-refractivity contribution in [2.24, 2.45) is 0 Å². The van der Waals surface area contributed by atoms with Crippen molar-refractivity contribution >= 4 is 103 Å². The van der Waals surface area contributed by atoms with Gasteiger partial charge in [-0.15, -0.1) is 0 Å². The first-order valence-electron chi connectivity index (χ1n) is 29.1. The Morgan fingerprint density at radius 2 is 0.776 bits per heavy atom. The Morgan fingerprint density at radius 3 is 1.11 bits per heavy atom. The SMILES string of the molecule is CC(C)(C)OC(=O)N1CCC(S(=O)(=O)Cl)CC1.CC(C)(C)OC(=O)N1CCC(S(=O)(=O)c2ccc(N3CCN(C(=O)OC(C)(C)C)CC3)c3ccccc23)CC1.CC(C)(C)OC(=O)N1CCN(c2ccc(Br)c3ccccc23)CC1.[CH2-]CCC.[Li+]. The van der Waals surface area contributed by atoms with Crippen LogP contribution in [0.1, 0.15) is 129 Å². The summed E-state index contributed by atoms with van der Waals surface area (Å²) in [6, 6.07) is 23.8. The molecule has 18 nitrogen and oxygen atoms in total. The van der Waals surface area contributed by atoms with E-state index in [0.29, 0.717) is 101 Å². The van der Waals surface area contributed by atoms with E-state index >= 15 is 0 Å². The van der Waals surface area contributed by atoms with Crippen molar-refractivity contribution in [2.75, 3.05) is 88.3 Å². The maximum atomic E-state index is 13.8.